The number of rotatable bonds is 8. The van der Waals surface area contributed by atoms with Crippen LogP contribution in [0.5, 0.6) is 0 Å². The minimum absolute atomic E-state index is 0.0402. The fourth-order valence-electron chi connectivity index (χ4n) is 3.36. The minimum Gasteiger partial charge on any atom is -0.347 e. The van der Waals surface area contributed by atoms with E-state index in [4.69, 9.17) is 0 Å². The lowest BCUT2D eigenvalue weighted by Gasteiger charge is -2.30. The molecule has 0 saturated carbocycles. The third-order valence-electron chi connectivity index (χ3n) is 5.25. The predicted molar refractivity (Wildman–Crippen MR) is 109 cm³/mol. The average Bonchev–Trinajstić information content (AvgIpc) is 2.73. The fraction of sp³-hybridized carbons (Fsp3) is 0.550. The molecule has 1 heterocycles. The Kier molecular flexibility index (Phi) is 7.92. The van der Waals surface area contributed by atoms with Gasteiger partial charge in [-0.15, -0.1) is 0 Å². The Morgan fingerprint density at radius 1 is 1.07 bits per heavy atom. The van der Waals surface area contributed by atoms with Crippen molar-refractivity contribution >= 4 is 27.6 Å². The van der Waals surface area contributed by atoms with Crippen molar-refractivity contribution in [3.63, 3.8) is 0 Å². The molecule has 1 aliphatic heterocycles. The smallest absolute Gasteiger partial charge is 0.243 e. The highest BCUT2D eigenvalue weighted by Crippen LogP contribution is 2.24. The second kappa shape index (κ2) is 9.98. The molecule has 1 aromatic carbocycles. The lowest BCUT2D eigenvalue weighted by molar-refractivity contribution is -0.134. The first-order valence-electron chi connectivity index (χ1n) is 9.87. The van der Waals surface area contributed by atoms with Crippen molar-refractivity contribution in [2.75, 3.05) is 32.7 Å². The van der Waals surface area contributed by atoms with Crippen LogP contribution >= 0.6 is 0 Å². The molecule has 0 aliphatic carbocycles. The molecule has 8 nitrogen and oxygen atoms in total. The number of benzene rings is 1. The zero-order chi connectivity index (χ0) is 21.6. The Morgan fingerprint density at radius 2 is 1.62 bits per heavy atom. The van der Waals surface area contributed by atoms with E-state index in [0.29, 0.717) is 31.5 Å². The zero-order valence-corrected chi connectivity index (χ0v) is 18.0. The molecule has 0 unspecified atom stereocenters. The van der Waals surface area contributed by atoms with Crippen molar-refractivity contribution in [1.82, 2.24) is 14.5 Å². The van der Waals surface area contributed by atoms with Crippen LogP contribution in [0.4, 0.5) is 0 Å². The Hall–Kier alpha value is -2.26. The molecular weight excluding hydrogens is 394 g/mol. The predicted octanol–water partition coefficient (Wildman–Crippen LogP) is 1.27. The van der Waals surface area contributed by atoms with Crippen LogP contribution in [-0.2, 0) is 19.6 Å². The van der Waals surface area contributed by atoms with Crippen LogP contribution in [-0.4, -0.2) is 67.9 Å². The first-order chi connectivity index (χ1) is 13.7. The lowest BCUT2D eigenvalue weighted by atomic mass is 9.97. The lowest BCUT2D eigenvalue weighted by Crippen LogP contribution is -2.45. The van der Waals surface area contributed by atoms with Gasteiger partial charge in [0.15, 0.2) is 5.78 Å². The monoisotopic (exact) mass is 423 g/mol. The number of Topliss-reactive ketones (excluding diaryl/α,β-unsaturated/α-hetero) is 1. The third kappa shape index (κ3) is 5.63. The van der Waals surface area contributed by atoms with E-state index in [2.05, 4.69) is 5.32 Å². The van der Waals surface area contributed by atoms with E-state index in [1.54, 1.807) is 4.90 Å². The molecule has 160 valence electrons. The Bertz CT molecular complexity index is 839. The number of amides is 2. The van der Waals surface area contributed by atoms with Gasteiger partial charge in [0, 0.05) is 37.7 Å². The number of sulfonamides is 1. The van der Waals surface area contributed by atoms with Crippen LogP contribution in [0, 0.1) is 5.92 Å². The largest absolute Gasteiger partial charge is 0.347 e. The van der Waals surface area contributed by atoms with Crippen molar-refractivity contribution in [1.29, 1.82) is 0 Å². The van der Waals surface area contributed by atoms with Gasteiger partial charge in [0.25, 0.3) is 0 Å². The van der Waals surface area contributed by atoms with Crippen molar-refractivity contribution < 1.29 is 22.8 Å². The average molecular weight is 424 g/mol. The molecule has 1 aromatic rings. The number of carbonyl (C=O) groups excluding carboxylic acids is 3. The first kappa shape index (κ1) is 23.0. The summed E-state index contributed by atoms with van der Waals surface area (Å²) >= 11 is 0. The highest BCUT2D eigenvalue weighted by molar-refractivity contribution is 7.89. The van der Waals surface area contributed by atoms with Gasteiger partial charge >= 0.3 is 0 Å². The number of ketones is 1. The Balaban J connectivity index is 1.91. The van der Waals surface area contributed by atoms with Gasteiger partial charge in [-0.2, -0.15) is 4.31 Å². The quantitative estimate of drug-likeness (QED) is 0.634. The third-order valence-corrected chi connectivity index (χ3v) is 7.17. The van der Waals surface area contributed by atoms with E-state index >= 15 is 0 Å². The Morgan fingerprint density at radius 3 is 2.10 bits per heavy atom. The van der Waals surface area contributed by atoms with E-state index in [1.165, 1.54) is 35.5 Å². The summed E-state index contributed by atoms with van der Waals surface area (Å²) in [6, 6.07) is 5.87. The van der Waals surface area contributed by atoms with Crippen LogP contribution in [0.1, 0.15) is 44.0 Å². The SMILES string of the molecule is CCN(CC)C(=O)CNC(=O)C1CCN(S(=O)(=O)c2ccc(C(C)=O)cc2)CC1. The van der Waals surface area contributed by atoms with Gasteiger partial charge in [0.1, 0.15) is 0 Å². The van der Waals surface area contributed by atoms with Crippen LogP contribution < -0.4 is 5.32 Å². The standard InChI is InChI=1S/C20H29N3O5S/c1-4-22(5-2)19(25)14-21-20(26)17-10-12-23(13-11-17)29(27,28)18-8-6-16(7-9-18)15(3)24/h6-9,17H,4-5,10-14H2,1-3H3,(H,21,26). The number of nitrogens with zero attached hydrogens (tertiary/aromatic N) is 2. The number of hydrogen-bond acceptors (Lipinski definition) is 5. The van der Waals surface area contributed by atoms with Gasteiger partial charge in [-0.3, -0.25) is 14.4 Å². The fourth-order valence-corrected chi connectivity index (χ4v) is 4.83. The van der Waals surface area contributed by atoms with Gasteiger partial charge in [0.2, 0.25) is 21.8 Å². The normalized spacial score (nSPS) is 15.7. The van der Waals surface area contributed by atoms with Crippen LogP contribution in [0.25, 0.3) is 0 Å². The van der Waals surface area contributed by atoms with Gasteiger partial charge in [-0.05, 0) is 45.7 Å². The zero-order valence-electron chi connectivity index (χ0n) is 17.2. The topological polar surface area (TPSA) is 104 Å². The highest BCUT2D eigenvalue weighted by Gasteiger charge is 2.32. The van der Waals surface area contributed by atoms with E-state index in [0.717, 1.165) is 0 Å². The van der Waals surface area contributed by atoms with Gasteiger partial charge in [-0.1, -0.05) is 12.1 Å². The summed E-state index contributed by atoms with van der Waals surface area (Å²) in [7, 11) is -3.67. The minimum atomic E-state index is -3.67. The van der Waals surface area contributed by atoms with Crippen molar-refractivity contribution in [2.45, 2.75) is 38.5 Å². The van der Waals surface area contributed by atoms with Crippen LogP contribution in [0.15, 0.2) is 29.2 Å². The summed E-state index contributed by atoms with van der Waals surface area (Å²) < 4.78 is 26.9. The van der Waals surface area contributed by atoms with Crippen molar-refractivity contribution in [3.8, 4) is 0 Å². The van der Waals surface area contributed by atoms with E-state index in [9.17, 15) is 22.8 Å². The summed E-state index contributed by atoms with van der Waals surface area (Å²) in [6.45, 7) is 6.80. The van der Waals surface area contributed by atoms with Crippen LogP contribution in [0.3, 0.4) is 0 Å². The molecule has 1 N–H and O–H groups in total. The van der Waals surface area contributed by atoms with Crippen molar-refractivity contribution in [3.05, 3.63) is 29.8 Å². The molecule has 0 radical (unpaired) electrons. The molecule has 1 saturated heterocycles. The second-order valence-corrected chi connectivity index (χ2v) is 8.98. The molecular formula is C20H29N3O5S. The Labute approximate surface area is 172 Å². The number of piperidine rings is 1. The maximum Gasteiger partial charge on any atom is 0.243 e. The molecule has 0 bridgehead atoms. The molecule has 1 fully saturated rings. The summed E-state index contributed by atoms with van der Waals surface area (Å²) in [4.78, 5) is 37.5. The number of carbonyl (C=O) groups is 3. The van der Waals surface area contributed by atoms with Crippen LogP contribution in [0.2, 0.25) is 0 Å². The number of likely N-dealkylation sites (N-methyl/N-ethyl adjacent to an activating group) is 1. The maximum atomic E-state index is 12.8. The van der Waals surface area contributed by atoms with Crippen molar-refractivity contribution in [2.24, 2.45) is 5.92 Å². The number of hydrogen-bond donors (Lipinski definition) is 1. The van der Waals surface area contributed by atoms with E-state index in [-0.39, 0.29) is 48.0 Å². The summed E-state index contributed by atoms with van der Waals surface area (Å²) in [5, 5.41) is 2.67. The summed E-state index contributed by atoms with van der Waals surface area (Å²) in [6.07, 6.45) is 0.798. The summed E-state index contributed by atoms with van der Waals surface area (Å²) in [5.74, 6) is -0.781. The maximum absolute atomic E-state index is 12.8. The number of nitrogens with one attached hydrogen (secondary N) is 1. The first-order valence-corrected chi connectivity index (χ1v) is 11.3. The molecule has 0 aromatic heterocycles. The second-order valence-electron chi connectivity index (χ2n) is 7.04. The van der Waals surface area contributed by atoms with Gasteiger partial charge < -0.3 is 10.2 Å². The van der Waals surface area contributed by atoms with E-state index < -0.39 is 10.0 Å². The van der Waals surface area contributed by atoms with Gasteiger partial charge in [0.05, 0.1) is 11.4 Å². The van der Waals surface area contributed by atoms with E-state index in [1.807, 2.05) is 13.8 Å². The molecule has 1 aliphatic rings. The molecule has 0 spiro atoms. The summed E-state index contributed by atoms with van der Waals surface area (Å²) in [5.41, 5.74) is 0.457. The molecule has 2 amide bonds. The van der Waals surface area contributed by atoms with Gasteiger partial charge in [-0.25, -0.2) is 8.42 Å². The highest BCUT2D eigenvalue weighted by atomic mass is 32.2. The molecule has 29 heavy (non-hydrogen) atoms. The molecule has 0 atom stereocenters. The molecule has 2 rings (SSSR count). The molecule has 9 heteroatoms.